The van der Waals surface area contributed by atoms with E-state index in [1.807, 2.05) is 30.3 Å². The number of rotatable bonds is 8. The number of nitrogens with zero attached hydrogens (tertiary/aromatic N) is 2. The topological polar surface area (TPSA) is 116 Å². The van der Waals surface area contributed by atoms with E-state index < -0.39 is 28.6 Å². The molecule has 0 saturated carbocycles. The third-order valence-corrected chi connectivity index (χ3v) is 5.09. The number of ether oxygens (including phenoxy) is 2. The summed E-state index contributed by atoms with van der Waals surface area (Å²) in [5.74, 6) is -1.27. The first-order chi connectivity index (χ1) is 14.9. The van der Waals surface area contributed by atoms with Crippen LogP contribution in [0, 0.1) is 10.1 Å². The SMILES string of the molecule is CCOC(=O)CN1C(=O)S/C(=C/c2ccc(OCc3ccccc3)c([N+](=O)[O-])c2)C1=O. The highest BCUT2D eigenvalue weighted by Crippen LogP contribution is 2.34. The van der Waals surface area contributed by atoms with Gasteiger partial charge in [-0.3, -0.25) is 29.4 Å². The van der Waals surface area contributed by atoms with Crippen LogP contribution in [-0.4, -0.2) is 40.1 Å². The third-order valence-electron chi connectivity index (χ3n) is 4.18. The summed E-state index contributed by atoms with van der Waals surface area (Å²) in [4.78, 5) is 47.9. The van der Waals surface area contributed by atoms with E-state index in [1.165, 1.54) is 18.2 Å². The van der Waals surface area contributed by atoms with E-state index in [9.17, 15) is 24.5 Å². The van der Waals surface area contributed by atoms with Crippen molar-refractivity contribution >= 4 is 40.6 Å². The zero-order valence-corrected chi connectivity index (χ0v) is 17.3. The quantitative estimate of drug-likeness (QED) is 0.262. The molecule has 0 bridgehead atoms. The van der Waals surface area contributed by atoms with Gasteiger partial charge in [0.25, 0.3) is 11.1 Å². The summed E-state index contributed by atoms with van der Waals surface area (Å²) in [6.45, 7) is 1.43. The molecule has 0 N–H and O–H groups in total. The van der Waals surface area contributed by atoms with Crippen molar-refractivity contribution in [2.45, 2.75) is 13.5 Å². The third kappa shape index (κ3) is 5.48. The van der Waals surface area contributed by atoms with Crippen molar-refractivity contribution in [3.8, 4) is 5.75 Å². The van der Waals surface area contributed by atoms with Crippen LogP contribution in [-0.2, 0) is 20.9 Å². The van der Waals surface area contributed by atoms with Gasteiger partial charge in [0, 0.05) is 6.07 Å². The van der Waals surface area contributed by atoms with Crippen LogP contribution in [0.2, 0.25) is 0 Å². The maximum atomic E-state index is 12.5. The van der Waals surface area contributed by atoms with Crippen LogP contribution in [0.25, 0.3) is 6.08 Å². The number of carbonyl (C=O) groups is 3. The van der Waals surface area contributed by atoms with Crippen LogP contribution in [0.15, 0.2) is 53.4 Å². The van der Waals surface area contributed by atoms with Crippen LogP contribution < -0.4 is 4.74 Å². The smallest absolute Gasteiger partial charge is 0.326 e. The van der Waals surface area contributed by atoms with Gasteiger partial charge >= 0.3 is 11.7 Å². The lowest BCUT2D eigenvalue weighted by Crippen LogP contribution is -2.34. The van der Waals surface area contributed by atoms with Crippen molar-refractivity contribution in [3.63, 3.8) is 0 Å². The molecule has 0 unspecified atom stereocenters. The van der Waals surface area contributed by atoms with E-state index in [0.29, 0.717) is 17.3 Å². The lowest BCUT2D eigenvalue weighted by Gasteiger charge is -2.10. The molecular formula is C21H18N2O7S. The molecule has 9 nitrogen and oxygen atoms in total. The Bertz CT molecular complexity index is 1050. The summed E-state index contributed by atoms with van der Waals surface area (Å²) >= 11 is 0.652. The molecule has 1 fully saturated rings. The molecular weight excluding hydrogens is 424 g/mol. The lowest BCUT2D eigenvalue weighted by atomic mass is 10.1. The lowest BCUT2D eigenvalue weighted by molar-refractivity contribution is -0.386. The second-order valence-corrected chi connectivity index (χ2v) is 7.32. The van der Waals surface area contributed by atoms with Crippen LogP contribution in [0.1, 0.15) is 18.1 Å². The summed E-state index contributed by atoms with van der Waals surface area (Å²) < 4.78 is 10.3. The zero-order chi connectivity index (χ0) is 22.4. The van der Waals surface area contributed by atoms with E-state index in [4.69, 9.17) is 9.47 Å². The average Bonchev–Trinajstić information content (AvgIpc) is 3.01. The molecule has 1 aliphatic heterocycles. The summed E-state index contributed by atoms with van der Waals surface area (Å²) in [5.41, 5.74) is 0.937. The van der Waals surface area contributed by atoms with Crippen LogP contribution >= 0.6 is 11.8 Å². The minimum atomic E-state index is -0.693. The first-order valence-corrected chi connectivity index (χ1v) is 10.1. The van der Waals surface area contributed by atoms with Crippen molar-refractivity contribution in [2.24, 2.45) is 0 Å². The molecule has 2 aromatic carbocycles. The predicted octanol–water partition coefficient (Wildman–Crippen LogP) is 3.77. The van der Waals surface area contributed by atoms with E-state index in [2.05, 4.69) is 0 Å². The Morgan fingerprint density at radius 1 is 1.19 bits per heavy atom. The maximum Gasteiger partial charge on any atom is 0.326 e. The standard InChI is InChI=1S/C21H18N2O7S/c1-2-29-19(24)12-22-20(25)18(31-21(22)26)11-15-8-9-17(16(10-15)23(27)28)30-13-14-6-4-3-5-7-14/h3-11H,2,12-13H2,1H3/b18-11+. The first-order valence-electron chi connectivity index (χ1n) is 9.25. The van der Waals surface area contributed by atoms with Crippen LogP contribution in [0.3, 0.4) is 0 Å². The maximum absolute atomic E-state index is 12.5. The van der Waals surface area contributed by atoms with Gasteiger partial charge in [0.05, 0.1) is 16.4 Å². The Labute approximate surface area is 181 Å². The number of imide groups is 1. The van der Waals surface area contributed by atoms with Gasteiger partial charge < -0.3 is 9.47 Å². The van der Waals surface area contributed by atoms with Gasteiger partial charge in [0.2, 0.25) is 0 Å². The van der Waals surface area contributed by atoms with Gasteiger partial charge in [-0.25, -0.2) is 0 Å². The molecule has 10 heteroatoms. The van der Waals surface area contributed by atoms with Crippen molar-refractivity contribution < 1.29 is 28.8 Å². The summed E-state index contributed by atoms with van der Waals surface area (Å²) in [7, 11) is 0. The summed E-state index contributed by atoms with van der Waals surface area (Å²) in [6, 6.07) is 13.5. The molecule has 31 heavy (non-hydrogen) atoms. The summed E-state index contributed by atoms with van der Waals surface area (Å²) in [5, 5.41) is 10.9. The van der Waals surface area contributed by atoms with Crippen molar-refractivity contribution in [3.05, 3.63) is 74.7 Å². The van der Waals surface area contributed by atoms with E-state index in [-0.39, 0.29) is 29.6 Å². The van der Waals surface area contributed by atoms with E-state index >= 15 is 0 Å². The Morgan fingerprint density at radius 3 is 2.61 bits per heavy atom. The fraction of sp³-hybridized carbons (Fsp3) is 0.190. The number of esters is 1. The molecule has 0 aliphatic carbocycles. The number of carbonyl (C=O) groups excluding carboxylic acids is 3. The molecule has 3 rings (SSSR count). The van der Waals surface area contributed by atoms with Gasteiger partial charge in [-0.15, -0.1) is 0 Å². The van der Waals surface area contributed by atoms with Crippen LogP contribution in [0.5, 0.6) is 5.75 Å². The molecule has 0 radical (unpaired) electrons. The number of nitro groups is 1. The Balaban J connectivity index is 1.78. The number of benzene rings is 2. The molecule has 1 aliphatic rings. The minimum absolute atomic E-state index is 0.0570. The number of thioether (sulfide) groups is 1. The predicted molar refractivity (Wildman–Crippen MR) is 113 cm³/mol. The molecule has 0 spiro atoms. The van der Waals surface area contributed by atoms with Crippen LogP contribution in [0.4, 0.5) is 10.5 Å². The molecule has 0 aromatic heterocycles. The molecule has 2 amide bonds. The Kier molecular flexibility index (Phi) is 7.03. The number of hydrogen-bond donors (Lipinski definition) is 0. The van der Waals surface area contributed by atoms with Gasteiger partial charge in [-0.2, -0.15) is 0 Å². The highest BCUT2D eigenvalue weighted by Gasteiger charge is 2.36. The fourth-order valence-electron chi connectivity index (χ4n) is 2.75. The van der Waals surface area contributed by atoms with Gasteiger partial charge in [-0.05, 0) is 42.0 Å². The summed E-state index contributed by atoms with van der Waals surface area (Å²) in [6.07, 6.45) is 1.37. The molecule has 2 aromatic rings. The molecule has 160 valence electrons. The number of hydrogen-bond acceptors (Lipinski definition) is 8. The van der Waals surface area contributed by atoms with Crippen molar-refractivity contribution in [2.75, 3.05) is 13.2 Å². The van der Waals surface area contributed by atoms with E-state index in [1.54, 1.807) is 13.0 Å². The highest BCUT2D eigenvalue weighted by atomic mass is 32.2. The van der Waals surface area contributed by atoms with E-state index in [0.717, 1.165) is 10.5 Å². The number of amides is 2. The first kappa shape index (κ1) is 22.0. The zero-order valence-electron chi connectivity index (χ0n) is 16.5. The molecule has 1 heterocycles. The minimum Gasteiger partial charge on any atom is -0.482 e. The second-order valence-electron chi connectivity index (χ2n) is 6.33. The monoisotopic (exact) mass is 442 g/mol. The Hall–Kier alpha value is -3.66. The fourth-order valence-corrected chi connectivity index (χ4v) is 3.59. The molecule has 0 atom stereocenters. The van der Waals surface area contributed by atoms with Gasteiger partial charge in [0.1, 0.15) is 13.2 Å². The molecule has 1 saturated heterocycles. The average molecular weight is 442 g/mol. The van der Waals surface area contributed by atoms with Crippen molar-refractivity contribution in [1.82, 2.24) is 4.90 Å². The normalized spacial score (nSPS) is 14.7. The van der Waals surface area contributed by atoms with Crippen molar-refractivity contribution in [1.29, 1.82) is 0 Å². The highest BCUT2D eigenvalue weighted by molar-refractivity contribution is 8.18. The number of nitro benzene ring substituents is 1. The second kappa shape index (κ2) is 9.90. The Morgan fingerprint density at radius 2 is 1.94 bits per heavy atom. The van der Waals surface area contributed by atoms with Gasteiger partial charge in [0.15, 0.2) is 5.75 Å². The largest absolute Gasteiger partial charge is 0.482 e. The van der Waals surface area contributed by atoms with Gasteiger partial charge in [-0.1, -0.05) is 36.4 Å².